The molecule has 0 amide bonds. The third kappa shape index (κ3) is 3.30. The molecule has 0 fully saturated rings. The van der Waals surface area contributed by atoms with Crippen molar-refractivity contribution in [2.45, 2.75) is 38.9 Å². The fourth-order valence-electron chi connectivity index (χ4n) is 1.54. The summed E-state index contributed by atoms with van der Waals surface area (Å²) in [4.78, 5) is 22.7. The molecule has 0 bridgehead atoms. The maximum absolute atomic E-state index is 11.4. The Bertz CT molecular complexity index is 342. The second-order valence-electron chi connectivity index (χ2n) is 4.79. The van der Waals surface area contributed by atoms with E-state index in [0.717, 1.165) is 0 Å². The molecule has 6 nitrogen and oxygen atoms in total. The maximum atomic E-state index is 11.4. The number of methoxy groups -OCH3 is 2. The van der Waals surface area contributed by atoms with Gasteiger partial charge >= 0.3 is 11.9 Å². The highest BCUT2D eigenvalue weighted by atomic mass is 16.5. The molecule has 18 heavy (non-hydrogen) atoms. The Kier molecular flexibility index (Phi) is 5.07. The van der Waals surface area contributed by atoms with Crippen LogP contribution < -0.4 is 0 Å². The molecule has 0 aromatic heterocycles. The average molecular weight is 260 g/mol. The summed E-state index contributed by atoms with van der Waals surface area (Å²) in [5, 5.41) is 18.5. The summed E-state index contributed by atoms with van der Waals surface area (Å²) in [5.41, 5.74) is -3.14. The lowest BCUT2D eigenvalue weighted by molar-refractivity contribution is -0.140. The first-order valence-electron chi connectivity index (χ1n) is 5.33. The number of carboxylic acid groups (broad SMARTS) is 2. The van der Waals surface area contributed by atoms with Crippen LogP contribution >= 0.6 is 0 Å². The van der Waals surface area contributed by atoms with Gasteiger partial charge in [0.1, 0.15) is 0 Å². The van der Waals surface area contributed by atoms with Crippen molar-refractivity contribution >= 4 is 11.9 Å². The van der Waals surface area contributed by atoms with Gasteiger partial charge in [0.2, 0.25) is 0 Å². The molecule has 0 aliphatic heterocycles. The van der Waals surface area contributed by atoms with Gasteiger partial charge in [-0.3, -0.25) is 0 Å². The second-order valence-corrected chi connectivity index (χ2v) is 4.79. The molecule has 0 rings (SSSR count). The molecule has 0 atom stereocenters. The van der Waals surface area contributed by atoms with E-state index in [9.17, 15) is 19.8 Å². The number of carbonyl (C=O) groups is 2. The minimum absolute atomic E-state index is 0.329. The Morgan fingerprint density at radius 3 is 1.11 bits per heavy atom. The van der Waals surface area contributed by atoms with Crippen molar-refractivity contribution < 1.29 is 29.3 Å². The normalized spacial score (nSPS) is 14.1. The van der Waals surface area contributed by atoms with E-state index in [1.165, 1.54) is 41.9 Å². The molecule has 0 aliphatic carbocycles. The van der Waals surface area contributed by atoms with Gasteiger partial charge in [-0.2, -0.15) is 0 Å². The minimum atomic E-state index is -1.34. The van der Waals surface area contributed by atoms with Crippen LogP contribution in [-0.4, -0.2) is 47.6 Å². The number of carboxylic acids is 2. The van der Waals surface area contributed by atoms with Gasteiger partial charge in [-0.05, 0) is 27.7 Å². The van der Waals surface area contributed by atoms with Crippen molar-refractivity contribution in [1.29, 1.82) is 0 Å². The van der Waals surface area contributed by atoms with Gasteiger partial charge in [0, 0.05) is 14.2 Å². The molecule has 104 valence electrons. The zero-order valence-corrected chi connectivity index (χ0v) is 11.5. The van der Waals surface area contributed by atoms with Crippen LogP contribution in [0.15, 0.2) is 11.1 Å². The van der Waals surface area contributed by atoms with Crippen LogP contribution in [0.4, 0.5) is 0 Å². The maximum Gasteiger partial charge on any atom is 0.335 e. The van der Waals surface area contributed by atoms with Gasteiger partial charge < -0.3 is 19.7 Å². The molecule has 0 saturated heterocycles. The highest BCUT2D eigenvalue weighted by molar-refractivity contribution is 6.01. The summed E-state index contributed by atoms with van der Waals surface area (Å²) in [6.07, 6.45) is 0. The molecule has 0 heterocycles. The highest BCUT2D eigenvalue weighted by Gasteiger charge is 2.41. The van der Waals surface area contributed by atoms with Gasteiger partial charge in [0.15, 0.2) is 0 Å². The lowest BCUT2D eigenvalue weighted by atomic mass is 9.85. The topological polar surface area (TPSA) is 93.1 Å². The average Bonchev–Trinajstić information content (AvgIpc) is 2.23. The van der Waals surface area contributed by atoms with Crippen LogP contribution in [0.1, 0.15) is 27.7 Å². The van der Waals surface area contributed by atoms with Crippen molar-refractivity contribution in [2.75, 3.05) is 14.2 Å². The zero-order chi connectivity index (χ0) is 14.7. The number of rotatable bonds is 6. The van der Waals surface area contributed by atoms with Crippen molar-refractivity contribution in [3.8, 4) is 0 Å². The van der Waals surface area contributed by atoms with Gasteiger partial charge in [-0.15, -0.1) is 0 Å². The fourth-order valence-corrected chi connectivity index (χ4v) is 1.54. The van der Waals surface area contributed by atoms with Crippen molar-refractivity contribution in [3.05, 3.63) is 11.1 Å². The van der Waals surface area contributed by atoms with E-state index >= 15 is 0 Å². The number of hydrogen-bond donors (Lipinski definition) is 2. The van der Waals surface area contributed by atoms with Gasteiger partial charge in [0.25, 0.3) is 0 Å². The quantitative estimate of drug-likeness (QED) is 0.699. The van der Waals surface area contributed by atoms with E-state index in [1.54, 1.807) is 0 Å². The zero-order valence-electron chi connectivity index (χ0n) is 11.5. The van der Waals surface area contributed by atoms with Crippen LogP contribution in [0.5, 0.6) is 0 Å². The third-order valence-electron chi connectivity index (χ3n) is 2.90. The van der Waals surface area contributed by atoms with Crippen molar-refractivity contribution in [2.24, 2.45) is 0 Å². The number of hydrogen-bond acceptors (Lipinski definition) is 4. The summed E-state index contributed by atoms with van der Waals surface area (Å²) >= 11 is 0. The van der Waals surface area contributed by atoms with E-state index < -0.39 is 23.1 Å². The molecule has 0 spiro atoms. The Morgan fingerprint density at radius 1 is 0.778 bits per heavy atom. The predicted molar refractivity (Wildman–Crippen MR) is 64.5 cm³/mol. The monoisotopic (exact) mass is 260 g/mol. The Balaban J connectivity index is 6.26. The van der Waals surface area contributed by atoms with E-state index in [4.69, 9.17) is 9.47 Å². The summed E-state index contributed by atoms with van der Waals surface area (Å²) in [7, 11) is 2.64. The SMILES string of the molecule is COC(C)(C)C(C(=O)O)=C(C(=O)O)C(C)(C)OC. The number of ether oxygens (including phenoxy) is 2. The fraction of sp³-hybridized carbons (Fsp3) is 0.667. The molecule has 0 radical (unpaired) electrons. The first-order valence-corrected chi connectivity index (χ1v) is 5.33. The molecule has 2 N–H and O–H groups in total. The summed E-state index contributed by atoms with van der Waals surface area (Å²) in [5.74, 6) is -2.69. The predicted octanol–water partition coefficient (Wildman–Crippen LogP) is 1.30. The largest absolute Gasteiger partial charge is 0.478 e. The van der Waals surface area contributed by atoms with Gasteiger partial charge in [0.05, 0.1) is 22.3 Å². The first kappa shape index (κ1) is 16.6. The van der Waals surface area contributed by atoms with E-state index in [-0.39, 0.29) is 11.1 Å². The van der Waals surface area contributed by atoms with Crippen LogP contribution in [0, 0.1) is 0 Å². The third-order valence-corrected chi connectivity index (χ3v) is 2.90. The van der Waals surface area contributed by atoms with Crippen LogP contribution in [0.25, 0.3) is 0 Å². The lowest BCUT2D eigenvalue weighted by Gasteiger charge is -2.31. The minimum Gasteiger partial charge on any atom is -0.478 e. The molecule has 0 aromatic carbocycles. The summed E-state index contributed by atoms with van der Waals surface area (Å²) < 4.78 is 10.1. The molecule has 0 saturated carbocycles. The Morgan fingerprint density at radius 2 is 1.00 bits per heavy atom. The van der Waals surface area contributed by atoms with E-state index in [1.807, 2.05) is 0 Å². The van der Waals surface area contributed by atoms with Crippen molar-refractivity contribution in [1.82, 2.24) is 0 Å². The highest BCUT2D eigenvalue weighted by Crippen LogP contribution is 2.31. The van der Waals surface area contributed by atoms with Crippen molar-refractivity contribution in [3.63, 3.8) is 0 Å². The standard InChI is InChI=1S/C12H20O6/c1-11(2,17-5)7(9(13)14)8(10(15)16)12(3,4)18-6/h1-6H3,(H,13,14)(H,15,16). The molecule has 0 unspecified atom stereocenters. The number of aliphatic carboxylic acids is 2. The summed E-state index contributed by atoms with van der Waals surface area (Å²) in [6.45, 7) is 5.96. The summed E-state index contributed by atoms with van der Waals surface area (Å²) in [6, 6.07) is 0. The molecule has 0 aromatic rings. The molecule has 0 aliphatic rings. The Hall–Kier alpha value is -1.40. The van der Waals surface area contributed by atoms with Gasteiger partial charge in [-0.1, -0.05) is 0 Å². The van der Waals surface area contributed by atoms with E-state index in [0.29, 0.717) is 0 Å². The van der Waals surface area contributed by atoms with Crippen LogP contribution in [-0.2, 0) is 19.1 Å². The molecular weight excluding hydrogens is 240 g/mol. The van der Waals surface area contributed by atoms with Crippen LogP contribution in [0.2, 0.25) is 0 Å². The van der Waals surface area contributed by atoms with E-state index in [2.05, 4.69) is 0 Å². The second kappa shape index (κ2) is 5.49. The smallest absolute Gasteiger partial charge is 0.335 e. The lowest BCUT2D eigenvalue weighted by Crippen LogP contribution is -2.40. The first-order chi connectivity index (χ1) is 8.01. The Labute approximate surface area is 106 Å². The van der Waals surface area contributed by atoms with Crippen LogP contribution in [0.3, 0.4) is 0 Å². The molecular formula is C12H20O6. The molecule has 6 heteroatoms. The van der Waals surface area contributed by atoms with Gasteiger partial charge in [-0.25, -0.2) is 9.59 Å².